The van der Waals surface area contributed by atoms with E-state index in [-0.39, 0.29) is 6.04 Å². The molecule has 3 aromatic rings. The lowest BCUT2D eigenvalue weighted by atomic mass is 10.00. The smallest absolute Gasteiger partial charge is 0.0769 e. The molecule has 1 aromatic carbocycles. The standard InChI is InChI=1S/C16H18N4/c1-3-17-16(14-9-11-19-20(14)2)13-8-4-6-12-7-5-10-18-15(12)13/h4-11,16-17H,3H2,1-2H3. The molecule has 0 saturated carbocycles. The maximum atomic E-state index is 4.55. The SMILES string of the molecule is CCNC(c1cccc2cccnc12)c1ccnn1C. The maximum absolute atomic E-state index is 4.55. The normalized spacial score (nSPS) is 12.7. The fourth-order valence-corrected chi connectivity index (χ4v) is 2.61. The average Bonchev–Trinajstić information content (AvgIpc) is 2.90. The predicted molar refractivity (Wildman–Crippen MR) is 80.5 cm³/mol. The summed E-state index contributed by atoms with van der Waals surface area (Å²) in [6.45, 7) is 3.00. The zero-order valence-corrected chi connectivity index (χ0v) is 11.7. The summed E-state index contributed by atoms with van der Waals surface area (Å²) in [5, 5.41) is 8.98. The number of fused-ring (bicyclic) bond motifs is 1. The maximum Gasteiger partial charge on any atom is 0.0769 e. The van der Waals surface area contributed by atoms with Gasteiger partial charge in [-0.15, -0.1) is 0 Å². The lowest BCUT2D eigenvalue weighted by Gasteiger charge is -2.20. The Bertz CT molecular complexity index is 712. The third kappa shape index (κ3) is 2.18. The van der Waals surface area contributed by atoms with Gasteiger partial charge in [0.05, 0.1) is 17.3 Å². The molecule has 0 aliphatic heterocycles. The second-order valence-corrected chi connectivity index (χ2v) is 4.79. The Kier molecular flexibility index (Phi) is 3.48. The molecule has 0 aliphatic rings. The van der Waals surface area contributed by atoms with Crippen LogP contribution >= 0.6 is 0 Å². The molecule has 1 N–H and O–H groups in total. The Labute approximate surface area is 118 Å². The van der Waals surface area contributed by atoms with Crippen molar-refractivity contribution in [3.8, 4) is 0 Å². The molecule has 0 radical (unpaired) electrons. The zero-order chi connectivity index (χ0) is 13.9. The molecule has 0 saturated heterocycles. The molecule has 0 fully saturated rings. The molecule has 0 spiro atoms. The first-order valence-corrected chi connectivity index (χ1v) is 6.86. The van der Waals surface area contributed by atoms with Crippen LogP contribution in [0.4, 0.5) is 0 Å². The number of hydrogen-bond acceptors (Lipinski definition) is 3. The van der Waals surface area contributed by atoms with Gasteiger partial charge in [0.15, 0.2) is 0 Å². The molecule has 4 heteroatoms. The minimum Gasteiger partial charge on any atom is -0.305 e. The van der Waals surface area contributed by atoms with Gasteiger partial charge in [0.2, 0.25) is 0 Å². The molecule has 4 nitrogen and oxygen atoms in total. The number of rotatable bonds is 4. The summed E-state index contributed by atoms with van der Waals surface area (Å²) in [6.07, 6.45) is 3.68. The van der Waals surface area contributed by atoms with E-state index in [1.807, 2.05) is 30.2 Å². The third-order valence-electron chi connectivity index (χ3n) is 3.54. The second-order valence-electron chi connectivity index (χ2n) is 4.79. The number of nitrogens with one attached hydrogen (secondary N) is 1. The van der Waals surface area contributed by atoms with E-state index in [0.29, 0.717) is 0 Å². The largest absolute Gasteiger partial charge is 0.305 e. The lowest BCUT2D eigenvalue weighted by molar-refractivity contribution is 0.575. The van der Waals surface area contributed by atoms with E-state index in [0.717, 1.165) is 23.1 Å². The van der Waals surface area contributed by atoms with Gasteiger partial charge in [-0.2, -0.15) is 5.10 Å². The quantitative estimate of drug-likeness (QED) is 0.789. The summed E-state index contributed by atoms with van der Waals surface area (Å²) in [6, 6.07) is 12.5. The molecule has 2 aromatic heterocycles. The number of para-hydroxylation sites is 1. The van der Waals surface area contributed by atoms with Gasteiger partial charge in [-0.25, -0.2) is 0 Å². The van der Waals surface area contributed by atoms with Crippen LogP contribution in [-0.2, 0) is 7.05 Å². The van der Waals surface area contributed by atoms with Crippen LogP contribution in [0, 0.1) is 0 Å². The molecule has 102 valence electrons. The highest BCUT2D eigenvalue weighted by Crippen LogP contribution is 2.27. The number of aryl methyl sites for hydroxylation is 1. The Hall–Kier alpha value is -2.20. The molecular weight excluding hydrogens is 248 g/mol. The van der Waals surface area contributed by atoms with E-state index in [2.05, 4.69) is 52.7 Å². The Morgan fingerprint density at radius 2 is 2.00 bits per heavy atom. The molecule has 20 heavy (non-hydrogen) atoms. The third-order valence-corrected chi connectivity index (χ3v) is 3.54. The van der Waals surface area contributed by atoms with Crippen molar-refractivity contribution >= 4 is 10.9 Å². The van der Waals surface area contributed by atoms with E-state index < -0.39 is 0 Å². The van der Waals surface area contributed by atoms with Crippen molar-refractivity contribution < 1.29 is 0 Å². The summed E-state index contributed by atoms with van der Waals surface area (Å²) in [4.78, 5) is 4.55. The van der Waals surface area contributed by atoms with Gasteiger partial charge >= 0.3 is 0 Å². The van der Waals surface area contributed by atoms with Crippen molar-refractivity contribution in [1.29, 1.82) is 0 Å². The highest BCUT2D eigenvalue weighted by Gasteiger charge is 2.18. The molecule has 1 unspecified atom stereocenters. The van der Waals surface area contributed by atoms with E-state index in [1.165, 1.54) is 5.56 Å². The van der Waals surface area contributed by atoms with Gasteiger partial charge in [0.25, 0.3) is 0 Å². The molecule has 0 amide bonds. The van der Waals surface area contributed by atoms with Crippen molar-refractivity contribution in [3.63, 3.8) is 0 Å². The first-order valence-electron chi connectivity index (χ1n) is 6.86. The van der Waals surface area contributed by atoms with Crippen LogP contribution < -0.4 is 5.32 Å². The number of hydrogen-bond donors (Lipinski definition) is 1. The van der Waals surface area contributed by atoms with Crippen LogP contribution in [0.25, 0.3) is 10.9 Å². The molecule has 0 aliphatic carbocycles. The van der Waals surface area contributed by atoms with Crippen LogP contribution in [0.3, 0.4) is 0 Å². The van der Waals surface area contributed by atoms with Crippen molar-refractivity contribution in [1.82, 2.24) is 20.1 Å². The van der Waals surface area contributed by atoms with Gasteiger partial charge < -0.3 is 5.32 Å². The second kappa shape index (κ2) is 5.43. The van der Waals surface area contributed by atoms with Crippen LogP contribution in [0.15, 0.2) is 48.8 Å². The topological polar surface area (TPSA) is 42.7 Å². The van der Waals surface area contributed by atoms with Gasteiger partial charge in [-0.05, 0) is 18.7 Å². The monoisotopic (exact) mass is 266 g/mol. The first-order chi connectivity index (χ1) is 9.81. The number of pyridine rings is 1. The fourth-order valence-electron chi connectivity index (χ4n) is 2.61. The van der Waals surface area contributed by atoms with Crippen LogP contribution in [-0.4, -0.2) is 21.3 Å². The summed E-state index contributed by atoms with van der Waals surface area (Å²) in [5.41, 5.74) is 3.38. The van der Waals surface area contributed by atoms with E-state index in [1.54, 1.807) is 0 Å². The summed E-state index contributed by atoms with van der Waals surface area (Å²) >= 11 is 0. The lowest BCUT2D eigenvalue weighted by Crippen LogP contribution is -2.24. The molecule has 3 rings (SSSR count). The number of aromatic nitrogens is 3. The highest BCUT2D eigenvalue weighted by molar-refractivity contribution is 5.82. The Morgan fingerprint density at radius 3 is 2.75 bits per heavy atom. The van der Waals surface area contributed by atoms with Crippen molar-refractivity contribution in [2.24, 2.45) is 7.05 Å². The van der Waals surface area contributed by atoms with Crippen molar-refractivity contribution in [3.05, 3.63) is 60.0 Å². The Balaban J connectivity index is 2.17. The van der Waals surface area contributed by atoms with E-state index in [9.17, 15) is 0 Å². The zero-order valence-electron chi connectivity index (χ0n) is 11.7. The molecular formula is C16H18N4. The van der Waals surface area contributed by atoms with Crippen molar-refractivity contribution in [2.45, 2.75) is 13.0 Å². The van der Waals surface area contributed by atoms with Crippen LogP contribution in [0.1, 0.15) is 24.2 Å². The molecule has 0 bridgehead atoms. The predicted octanol–water partition coefficient (Wildman–Crippen LogP) is 2.67. The summed E-state index contributed by atoms with van der Waals surface area (Å²) < 4.78 is 1.91. The minimum atomic E-state index is 0.103. The summed E-state index contributed by atoms with van der Waals surface area (Å²) in [5.74, 6) is 0. The van der Waals surface area contributed by atoms with E-state index >= 15 is 0 Å². The van der Waals surface area contributed by atoms with Gasteiger partial charge in [-0.3, -0.25) is 9.67 Å². The van der Waals surface area contributed by atoms with Gasteiger partial charge in [-0.1, -0.05) is 31.2 Å². The number of nitrogens with zero attached hydrogens (tertiary/aromatic N) is 3. The molecule has 1 atom stereocenters. The van der Waals surface area contributed by atoms with Crippen molar-refractivity contribution in [2.75, 3.05) is 6.54 Å². The van der Waals surface area contributed by atoms with E-state index in [4.69, 9.17) is 0 Å². The molecule has 2 heterocycles. The van der Waals surface area contributed by atoms with Gasteiger partial charge in [0.1, 0.15) is 0 Å². The first kappa shape index (κ1) is 12.8. The van der Waals surface area contributed by atoms with Crippen LogP contribution in [0.2, 0.25) is 0 Å². The Morgan fingerprint density at radius 1 is 1.15 bits per heavy atom. The average molecular weight is 266 g/mol. The summed E-state index contributed by atoms with van der Waals surface area (Å²) in [7, 11) is 1.97. The minimum absolute atomic E-state index is 0.103. The number of benzene rings is 1. The fraction of sp³-hybridized carbons (Fsp3) is 0.250. The van der Waals surface area contributed by atoms with Crippen LogP contribution in [0.5, 0.6) is 0 Å². The van der Waals surface area contributed by atoms with Gasteiger partial charge in [0, 0.05) is 30.4 Å². The highest BCUT2D eigenvalue weighted by atomic mass is 15.3.